The van der Waals surface area contributed by atoms with Gasteiger partial charge in [-0.15, -0.1) is 0 Å². The Hall–Kier alpha value is -2.69. The van der Waals surface area contributed by atoms with Gasteiger partial charge in [-0.3, -0.25) is 14.9 Å². The number of carbonyl (C=O) groups excluding carboxylic acids is 1. The van der Waals surface area contributed by atoms with Gasteiger partial charge in [0.25, 0.3) is 11.6 Å². The van der Waals surface area contributed by atoms with Crippen LogP contribution in [-0.2, 0) is 0 Å². The minimum absolute atomic E-state index is 0.0941. The van der Waals surface area contributed by atoms with Crippen molar-refractivity contribution in [2.45, 2.75) is 26.8 Å². The zero-order valence-electron chi connectivity index (χ0n) is 13.4. The summed E-state index contributed by atoms with van der Waals surface area (Å²) in [5.41, 5.74) is 1.41. The van der Waals surface area contributed by atoms with Gasteiger partial charge in [0.2, 0.25) is 0 Å². The van der Waals surface area contributed by atoms with E-state index in [9.17, 15) is 14.9 Å². The highest BCUT2D eigenvalue weighted by atomic mass is 16.6. The fourth-order valence-corrected chi connectivity index (χ4v) is 2.60. The van der Waals surface area contributed by atoms with Crippen molar-refractivity contribution >= 4 is 11.6 Å². The molecule has 0 aromatic heterocycles. The smallest absolute Gasteiger partial charge is 0.285 e. The van der Waals surface area contributed by atoms with Crippen LogP contribution in [0.4, 0.5) is 5.69 Å². The van der Waals surface area contributed by atoms with Crippen molar-refractivity contribution < 1.29 is 9.72 Å². The van der Waals surface area contributed by atoms with E-state index in [1.165, 1.54) is 6.07 Å². The molecule has 1 unspecified atom stereocenters. The summed E-state index contributed by atoms with van der Waals surface area (Å²) < 4.78 is 0. The predicted octanol–water partition coefficient (Wildman–Crippen LogP) is 4.03. The Morgan fingerprint density at radius 1 is 1.09 bits per heavy atom. The molecule has 0 aliphatic carbocycles. The van der Waals surface area contributed by atoms with Crippen LogP contribution in [-0.4, -0.2) is 10.8 Å². The molecule has 23 heavy (non-hydrogen) atoms. The van der Waals surface area contributed by atoms with E-state index in [0.717, 1.165) is 5.56 Å². The molecule has 5 nitrogen and oxygen atoms in total. The summed E-state index contributed by atoms with van der Waals surface area (Å²) in [5, 5.41) is 14.2. The van der Waals surface area contributed by atoms with Crippen LogP contribution in [0.3, 0.4) is 0 Å². The molecule has 0 fully saturated rings. The molecule has 0 aliphatic rings. The Morgan fingerprint density at radius 2 is 1.74 bits per heavy atom. The van der Waals surface area contributed by atoms with Crippen LogP contribution in [0.15, 0.2) is 48.5 Å². The van der Waals surface area contributed by atoms with E-state index >= 15 is 0 Å². The van der Waals surface area contributed by atoms with E-state index in [2.05, 4.69) is 5.32 Å². The van der Waals surface area contributed by atoms with Gasteiger partial charge in [0, 0.05) is 5.56 Å². The third kappa shape index (κ3) is 3.74. The molecule has 0 heterocycles. The quantitative estimate of drug-likeness (QED) is 0.669. The van der Waals surface area contributed by atoms with Crippen LogP contribution >= 0.6 is 0 Å². The van der Waals surface area contributed by atoms with Gasteiger partial charge in [0.15, 0.2) is 0 Å². The molecular formula is C18H20N2O3. The van der Waals surface area contributed by atoms with Crippen LogP contribution < -0.4 is 5.32 Å². The SMILES string of the molecule is Cc1cccc(C(=O)NC(c2ccccc2)C(C)C)c1[N+](=O)[O-]. The molecule has 5 heteroatoms. The molecule has 2 aromatic carbocycles. The van der Waals surface area contributed by atoms with Crippen molar-refractivity contribution in [3.05, 3.63) is 75.3 Å². The standard InChI is InChI=1S/C18H20N2O3/c1-12(2)16(14-9-5-4-6-10-14)19-18(21)15-11-7-8-13(3)17(15)20(22)23/h4-12,16H,1-3H3,(H,19,21). The lowest BCUT2D eigenvalue weighted by Crippen LogP contribution is -2.32. The number of carbonyl (C=O) groups is 1. The Balaban J connectivity index is 2.34. The maximum Gasteiger partial charge on any atom is 0.285 e. The van der Waals surface area contributed by atoms with Gasteiger partial charge in [-0.1, -0.05) is 56.3 Å². The van der Waals surface area contributed by atoms with Gasteiger partial charge in [-0.25, -0.2) is 0 Å². The first kappa shape index (κ1) is 16.7. The van der Waals surface area contributed by atoms with Crippen LogP contribution in [0.2, 0.25) is 0 Å². The molecule has 0 spiro atoms. The average Bonchev–Trinajstić information content (AvgIpc) is 2.52. The van der Waals surface area contributed by atoms with Crippen LogP contribution in [0.1, 0.15) is 41.4 Å². The second-order valence-corrected chi connectivity index (χ2v) is 5.83. The Bertz CT molecular complexity index is 711. The summed E-state index contributed by atoms with van der Waals surface area (Å²) >= 11 is 0. The number of hydrogen-bond acceptors (Lipinski definition) is 3. The van der Waals surface area contributed by atoms with Gasteiger partial charge in [-0.2, -0.15) is 0 Å². The lowest BCUT2D eigenvalue weighted by molar-refractivity contribution is -0.385. The first-order valence-electron chi connectivity index (χ1n) is 7.51. The summed E-state index contributed by atoms with van der Waals surface area (Å²) in [6.45, 7) is 5.64. The highest BCUT2D eigenvalue weighted by Gasteiger charge is 2.25. The first-order chi connectivity index (χ1) is 10.9. The van der Waals surface area contributed by atoms with E-state index in [1.807, 2.05) is 44.2 Å². The van der Waals surface area contributed by atoms with E-state index < -0.39 is 10.8 Å². The Kier molecular flexibility index (Phi) is 5.11. The minimum Gasteiger partial charge on any atom is -0.345 e. The highest BCUT2D eigenvalue weighted by molar-refractivity contribution is 5.98. The van der Waals surface area contributed by atoms with Crippen molar-refractivity contribution in [1.29, 1.82) is 0 Å². The maximum atomic E-state index is 12.6. The summed E-state index contributed by atoms with van der Waals surface area (Å²) in [5.74, 6) is -0.270. The number of nitrogens with one attached hydrogen (secondary N) is 1. The summed E-state index contributed by atoms with van der Waals surface area (Å²) in [6.07, 6.45) is 0. The highest BCUT2D eigenvalue weighted by Crippen LogP contribution is 2.26. The first-order valence-corrected chi connectivity index (χ1v) is 7.51. The van der Waals surface area contributed by atoms with Gasteiger partial charge in [-0.05, 0) is 24.5 Å². The van der Waals surface area contributed by atoms with E-state index in [-0.39, 0.29) is 23.2 Å². The molecule has 0 bridgehead atoms. The second-order valence-electron chi connectivity index (χ2n) is 5.83. The van der Waals surface area contributed by atoms with Crippen LogP contribution in [0, 0.1) is 23.0 Å². The molecule has 1 N–H and O–H groups in total. The molecule has 1 atom stereocenters. The number of hydrogen-bond donors (Lipinski definition) is 1. The monoisotopic (exact) mass is 312 g/mol. The van der Waals surface area contributed by atoms with Gasteiger partial charge < -0.3 is 5.32 Å². The Labute approximate surface area is 135 Å². The number of nitro benzene ring substituents is 1. The van der Waals surface area contributed by atoms with Gasteiger partial charge in [0.1, 0.15) is 5.56 Å². The number of para-hydroxylation sites is 1. The van der Waals surface area contributed by atoms with Crippen molar-refractivity contribution in [2.75, 3.05) is 0 Å². The number of nitrogens with zero attached hydrogens (tertiary/aromatic N) is 1. The van der Waals surface area contributed by atoms with Gasteiger partial charge in [0.05, 0.1) is 11.0 Å². The minimum atomic E-state index is -0.503. The number of nitro groups is 1. The normalized spacial score (nSPS) is 12.0. The molecular weight excluding hydrogens is 292 g/mol. The molecule has 0 radical (unpaired) electrons. The zero-order valence-corrected chi connectivity index (χ0v) is 13.4. The largest absolute Gasteiger partial charge is 0.345 e. The topological polar surface area (TPSA) is 72.2 Å². The summed E-state index contributed by atoms with van der Waals surface area (Å²) in [4.78, 5) is 23.4. The van der Waals surface area contributed by atoms with E-state index in [4.69, 9.17) is 0 Å². The third-order valence-corrected chi connectivity index (χ3v) is 3.78. The number of benzene rings is 2. The zero-order chi connectivity index (χ0) is 17.0. The summed E-state index contributed by atoms with van der Waals surface area (Å²) in [6, 6.07) is 14.2. The van der Waals surface area contributed by atoms with Gasteiger partial charge >= 0.3 is 0 Å². The van der Waals surface area contributed by atoms with Crippen molar-refractivity contribution in [3.63, 3.8) is 0 Å². The molecule has 120 valence electrons. The third-order valence-electron chi connectivity index (χ3n) is 3.78. The second kappa shape index (κ2) is 7.05. The van der Waals surface area contributed by atoms with Crippen molar-refractivity contribution in [1.82, 2.24) is 5.32 Å². The lowest BCUT2D eigenvalue weighted by atomic mass is 9.95. The number of amides is 1. The fourth-order valence-electron chi connectivity index (χ4n) is 2.60. The van der Waals surface area contributed by atoms with E-state index in [0.29, 0.717) is 5.56 Å². The predicted molar refractivity (Wildman–Crippen MR) is 89.3 cm³/mol. The molecule has 0 aliphatic heterocycles. The molecule has 2 aromatic rings. The van der Waals surface area contributed by atoms with E-state index in [1.54, 1.807) is 19.1 Å². The van der Waals surface area contributed by atoms with Crippen LogP contribution in [0.5, 0.6) is 0 Å². The molecule has 1 amide bonds. The van der Waals surface area contributed by atoms with Crippen LogP contribution in [0.25, 0.3) is 0 Å². The molecule has 2 rings (SSSR count). The number of rotatable bonds is 5. The number of aryl methyl sites for hydroxylation is 1. The molecule has 0 saturated carbocycles. The van der Waals surface area contributed by atoms with Crippen molar-refractivity contribution in [2.24, 2.45) is 5.92 Å². The lowest BCUT2D eigenvalue weighted by Gasteiger charge is -2.23. The van der Waals surface area contributed by atoms with Crippen molar-refractivity contribution in [3.8, 4) is 0 Å². The average molecular weight is 312 g/mol. The Morgan fingerprint density at radius 3 is 2.30 bits per heavy atom. The fraction of sp³-hybridized carbons (Fsp3) is 0.278. The maximum absolute atomic E-state index is 12.6. The molecule has 0 saturated heterocycles. The summed E-state index contributed by atoms with van der Waals surface area (Å²) in [7, 11) is 0.